The van der Waals surface area contributed by atoms with E-state index in [4.69, 9.17) is 15.6 Å². The van der Waals surface area contributed by atoms with Crippen LogP contribution in [0.4, 0.5) is 0 Å². The number of phenols is 1. The number of amides is 2. The van der Waals surface area contributed by atoms with Gasteiger partial charge in [0.15, 0.2) is 6.61 Å². The molecule has 2 amide bonds. The number of piperidine rings is 1. The first kappa shape index (κ1) is 15.8. The number of rotatable bonds is 4. The van der Waals surface area contributed by atoms with Crippen LogP contribution in [0.1, 0.15) is 23.2 Å². The van der Waals surface area contributed by atoms with Gasteiger partial charge < -0.3 is 20.5 Å². The maximum absolute atomic E-state index is 12.0. The van der Waals surface area contributed by atoms with Crippen LogP contribution in [0.5, 0.6) is 5.75 Å². The van der Waals surface area contributed by atoms with Gasteiger partial charge in [-0.15, -0.1) is 0 Å². The van der Waals surface area contributed by atoms with Gasteiger partial charge in [0.05, 0.1) is 11.5 Å². The zero-order chi connectivity index (χ0) is 16.1. The number of hydrogen-bond donors (Lipinski definition) is 2. The summed E-state index contributed by atoms with van der Waals surface area (Å²) < 4.78 is 4.95. The zero-order valence-electron chi connectivity index (χ0n) is 12.0. The third-order valence-electron chi connectivity index (χ3n) is 3.61. The average Bonchev–Trinajstić information content (AvgIpc) is 2.53. The minimum absolute atomic E-state index is 0.0402. The monoisotopic (exact) mass is 306 g/mol. The number of nitrogens with two attached hydrogens (primary N) is 1. The molecule has 0 saturated carbocycles. The Balaban J connectivity index is 1.85. The van der Waals surface area contributed by atoms with Crippen LogP contribution >= 0.6 is 0 Å². The molecule has 0 unspecified atom stereocenters. The Labute approximate surface area is 127 Å². The number of phenolic OH excluding ortho intramolecular Hbond substituents is 1. The lowest BCUT2D eigenvalue weighted by Crippen LogP contribution is -2.45. The van der Waals surface area contributed by atoms with Crippen molar-refractivity contribution in [3.05, 3.63) is 29.8 Å². The van der Waals surface area contributed by atoms with Crippen molar-refractivity contribution >= 4 is 17.8 Å². The highest BCUT2D eigenvalue weighted by Gasteiger charge is 2.27. The molecular weight excluding hydrogens is 288 g/mol. The number of aromatic hydroxyl groups is 1. The second kappa shape index (κ2) is 6.93. The number of carbonyl (C=O) groups is 3. The number of carbonyl (C=O) groups excluding carboxylic acids is 3. The summed E-state index contributed by atoms with van der Waals surface area (Å²) >= 11 is 0. The quantitative estimate of drug-likeness (QED) is 0.776. The van der Waals surface area contributed by atoms with Crippen molar-refractivity contribution in [2.24, 2.45) is 11.7 Å². The highest BCUT2D eigenvalue weighted by atomic mass is 16.5. The van der Waals surface area contributed by atoms with Gasteiger partial charge in [0, 0.05) is 13.1 Å². The number of hydrogen-bond acceptors (Lipinski definition) is 5. The van der Waals surface area contributed by atoms with Crippen LogP contribution in [-0.4, -0.2) is 47.5 Å². The van der Waals surface area contributed by atoms with Gasteiger partial charge in [0.1, 0.15) is 5.75 Å². The smallest absolute Gasteiger partial charge is 0.338 e. The lowest BCUT2D eigenvalue weighted by atomic mass is 9.97. The molecule has 0 bridgehead atoms. The number of benzene rings is 1. The molecule has 7 nitrogen and oxygen atoms in total. The summed E-state index contributed by atoms with van der Waals surface area (Å²) in [4.78, 5) is 36.4. The lowest BCUT2D eigenvalue weighted by molar-refractivity contribution is -0.137. The summed E-state index contributed by atoms with van der Waals surface area (Å²) in [6.07, 6.45) is 1.37. The van der Waals surface area contributed by atoms with Crippen molar-refractivity contribution < 1.29 is 24.2 Å². The maximum Gasteiger partial charge on any atom is 0.338 e. The molecule has 0 radical (unpaired) electrons. The fraction of sp³-hybridized carbons (Fsp3) is 0.400. The SMILES string of the molecule is NC(=O)[C@@H]1CCCN(C(=O)COC(=O)c2ccc(O)cc2)C1. The van der Waals surface area contributed by atoms with Crippen LogP contribution in [0, 0.1) is 5.92 Å². The van der Waals surface area contributed by atoms with Gasteiger partial charge in [-0.2, -0.15) is 0 Å². The largest absolute Gasteiger partial charge is 0.508 e. The van der Waals surface area contributed by atoms with Crippen LogP contribution in [0.15, 0.2) is 24.3 Å². The summed E-state index contributed by atoms with van der Waals surface area (Å²) in [6.45, 7) is 0.412. The van der Waals surface area contributed by atoms with E-state index in [2.05, 4.69) is 0 Å². The third-order valence-corrected chi connectivity index (χ3v) is 3.61. The van der Waals surface area contributed by atoms with Gasteiger partial charge in [0.25, 0.3) is 5.91 Å². The number of ether oxygens (including phenoxy) is 1. The predicted molar refractivity (Wildman–Crippen MR) is 76.9 cm³/mol. The molecule has 1 fully saturated rings. The number of primary amides is 1. The van der Waals surface area contributed by atoms with Crippen LogP contribution < -0.4 is 5.73 Å². The molecule has 1 aliphatic rings. The van der Waals surface area contributed by atoms with Crippen molar-refractivity contribution in [1.82, 2.24) is 4.90 Å². The fourth-order valence-electron chi connectivity index (χ4n) is 2.34. The first-order valence-electron chi connectivity index (χ1n) is 7.00. The van der Waals surface area contributed by atoms with E-state index in [1.807, 2.05) is 0 Å². The fourth-order valence-corrected chi connectivity index (χ4v) is 2.34. The molecular formula is C15H18N2O5. The molecule has 118 valence electrons. The molecule has 7 heteroatoms. The van der Waals surface area contributed by atoms with Gasteiger partial charge in [-0.25, -0.2) is 4.79 Å². The van der Waals surface area contributed by atoms with Gasteiger partial charge in [0.2, 0.25) is 5.91 Å². The Bertz CT molecular complexity index is 570. The van der Waals surface area contributed by atoms with E-state index >= 15 is 0 Å². The first-order chi connectivity index (χ1) is 10.5. The van der Waals surface area contributed by atoms with E-state index in [9.17, 15) is 14.4 Å². The molecule has 3 N–H and O–H groups in total. The normalized spacial score (nSPS) is 17.8. The molecule has 1 saturated heterocycles. The lowest BCUT2D eigenvalue weighted by Gasteiger charge is -2.31. The van der Waals surface area contributed by atoms with Crippen molar-refractivity contribution in [3.63, 3.8) is 0 Å². The molecule has 0 aromatic heterocycles. The summed E-state index contributed by atoms with van der Waals surface area (Å²) in [5.74, 6) is -1.71. The molecule has 0 spiro atoms. The van der Waals surface area contributed by atoms with Crippen LogP contribution in [0.25, 0.3) is 0 Å². The first-order valence-corrected chi connectivity index (χ1v) is 7.00. The number of nitrogens with zero attached hydrogens (tertiary/aromatic N) is 1. The summed E-state index contributed by atoms with van der Waals surface area (Å²) in [6, 6.07) is 5.54. The van der Waals surface area contributed by atoms with Gasteiger partial charge >= 0.3 is 5.97 Å². The summed E-state index contributed by atoms with van der Waals surface area (Å²) in [5, 5.41) is 9.15. The number of esters is 1. The molecule has 1 aromatic carbocycles. The van der Waals surface area contributed by atoms with Crippen molar-refractivity contribution in [2.45, 2.75) is 12.8 Å². The molecule has 1 aliphatic heterocycles. The van der Waals surface area contributed by atoms with Gasteiger partial charge in [-0.1, -0.05) is 0 Å². The minimum Gasteiger partial charge on any atom is -0.508 e. The van der Waals surface area contributed by atoms with Crippen LogP contribution in [-0.2, 0) is 14.3 Å². The van der Waals surface area contributed by atoms with Crippen molar-refractivity contribution in [1.29, 1.82) is 0 Å². The van der Waals surface area contributed by atoms with Gasteiger partial charge in [-0.3, -0.25) is 9.59 Å². The second-order valence-electron chi connectivity index (χ2n) is 5.20. The van der Waals surface area contributed by atoms with E-state index in [1.54, 1.807) is 0 Å². The molecule has 0 aliphatic carbocycles. The van der Waals surface area contributed by atoms with Crippen molar-refractivity contribution in [3.8, 4) is 5.75 Å². The van der Waals surface area contributed by atoms with Crippen LogP contribution in [0.3, 0.4) is 0 Å². The topological polar surface area (TPSA) is 110 Å². The summed E-state index contributed by atoms with van der Waals surface area (Å²) in [5.41, 5.74) is 5.51. The number of likely N-dealkylation sites (tertiary alicyclic amines) is 1. The van der Waals surface area contributed by atoms with Gasteiger partial charge in [-0.05, 0) is 37.1 Å². The van der Waals surface area contributed by atoms with E-state index < -0.39 is 11.9 Å². The Morgan fingerprint density at radius 1 is 1.27 bits per heavy atom. The van der Waals surface area contributed by atoms with Crippen molar-refractivity contribution in [2.75, 3.05) is 19.7 Å². The Kier molecular flexibility index (Phi) is 4.98. The van der Waals surface area contributed by atoms with Crippen LogP contribution in [0.2, 0.25) is 0 Å². The molecule has 1 aromatic rings. The Hall–Kier alpha value is -2.57. The maximum atomic E-state index is 12.0. The molecule has 1 heterocycles. The minimum atomic E-state index is -0.642. The Morgan fingerprint density at radius 3 is 2.59 bits per heavy atom. The molecule has 22 heavy (non-hydrogen) atoms. The Morgan fingerprint density at radius 2 is 1.95 bits per heavy atom. The van der Waals surface area contributed by atoms with E-state index in [-0.39, 0.29) is 36.3 Å². The highest BCUT2D eigenvalue weighted by Crippen LogP contribution is 2.16. The molecule has 2 rings (SSSR count). The average molecular weight is 306 g/mol. The van der Waals surface area contributed by atoms with E-state index in [0.29, 0.717) is 19.4 Å². The standard InChI is InChI=1S/C15H18N2O5/c16-14(20)11-2-1-7-17(8-11)13(19)9-22-15(21)10-3-5-12(18)6-4-10/h3-6,11,18H,1-2,7-9H2,(H2,16,20)/t11-/m1/s1. The third kappa shape index (κ3) is 3.97. The predicted octanol–water partition coefficient (Wildman–Crippen LogP) is 0.273. The van der Waals surface area contributed by atoms with E-state index in [0.717, 1.165) is 0 Å². The zero-order valence-corrected chi connectivity index (χ0v) is 12.0. The van der Waals surface area contributed by atoms with E-state index in [1.165, 1.54) is 29.2 Å². The highest BCUT2D eigenvalue weighted by molar-refractivity contribution is 5.91. The summed E-state index contributed by atoms with van der Waals surface area (Å²) in [7, 11) is 0. The second-order valence-corrected chi connectivity index (χ2v) is 5.20. The molecule has 1 atom stereocenters.